The molecule has 0 heterocycles. The minimum absolute atomic E-state index is 0.183. The topological polar surface area (TPSA) is 64.6 Å². The zero-order valence-corrected chi connectivity index (χ0v) is 18.1. The van der Waals surface area contributed by atoms with Gasteiger partial charge in [-0.2, -0.15) is 0 Å². The predicted molar refractivity (Wildman–Crippen MR) is 119 cm³/mol. The first-order valence-corrected chi connectivity index (χ1v) is 11.0. The Morgan fingerprint density at radius 3 is 2.24 bits per heavy atom. The van der Waals surface area contributed by atoms with E-state index in [1.54, 1.807) is 55.6 Å². The number of methoxy groups -OCH3 is 1. The zero-order chi connectivity index (χ0) is 20.7. The van der Waals surface area contributed by atoms with Gasteiger partial charge >= 0.3 is 0 Å². The molecule has 0 radical (unpaired) electrons. The predicted octanol–water partition coefficient (Wildman–Crippen LogP) is 5.40. The van der Waals surface area contributed by atoms with E-state index in [4.69, 9.17) is 9.47 Å². The van der Waals surface area contributed by atoms with Crippen LogP contribution in [0.3, 0.4) is 0 Å². The van der Waals surface area contributed by atoms with Crippen molar-refractivity contribution in [3.8, 4) is 5.75 Å². The number of halogens is 1. The Morgan fingerprint density at radius 1 is 0.931 bits per heavy atom. The van der Waals surface area contributed by atoms with Crippen LogP contribution in [0.15, 0.2) is 82.2 Å². The molecule has 0 bridgehead atoms. The maximum atomic E-state index is 12.5. The molecule has 0 atom stereocenters. The SMILES string of the molecule is COCOc1ccc(/C=C/c2ccc(S(=O)(=O)Nc3ccccc3)cc2)cc1Br. The smallest absolute Gasteiger partial charge is 0.261 e. The Hall–Kier alpha value is -2.61. The van der Waals surface area contributed by atoms with E-state index in [0.29, 0.717) is 11.4 Å². The van der Waals surface area contributed by atoms with Gasteiger partial charge in [0.25, 0.3) is 10.0 Å². The molecule has 5 nitrogen and oxygen atoms in total. The van der Waals surface area contributed by atoms with Gasteiger partial charge in [-0.3, -0.25) is 4.72 Å². The maximum Gasteiger partial charge on any atom is 0.261 e. The van der Waals surface area contributed by atoms with Gasteiger partial charge in [-0.15, -0.1) is 0 Å². The lowest BCUT2D eigenvalue weighted by Crippen LogP contribution is -2.12. The third-order valence-electron chi connectivity index (χ3n) is 3.97. The van der Waals surface area contributed by atoms with Crippen LogP contribution in [0.5, 0.6) is 5.75 Å². The lowest BCUT2D eigenvalue weighted by Gasteiger charge is -2.08. The Labute approximate surface area is 179 Å². The standard InChI is InChI=1S/C22H20BrNO4S/c1-27-16-28-22-14-11-18(15-21(22)23)8-7-17-9-12-20(13-10-17)29(25,26)24-19-5-3-2-4-6-19/h2-15,24H,16H2,1H3/b8-7+. The van der Waals surface area contributed by atoms with Gasteiger partial charge in [0.2, 0.25) is 0 Å². The Kier molecular flexibility index (Phi) is 7.09. The third-order valence-corrected chi connectivity index (χ3v) is 5.99. The normalized spacial score (nSPS) is 11.5. The number of benzene rings is 3. The van der Waals surface area contributed by atoms with E-state index in [2.05, 4.69) is 20.7 Å². The van der Waals surface area contributed by atoms with Crippen molar-refractivity contribution >= 4 is 43.8 Å². The molecule has 7 heteroatoms. The van der Waals surface area contributed by atoms with Gasteiger partial charge in [0.1, 0.15) is 5.75 Å². The molecule has 0 amide bonds. The molecular formula is C22H20BrNO4S. The molecule has 0 spiro atoms. The first kappa shape index (κ1) is 21.1. The molecule has 1 N–H and O–H groups in total. The van der Waals surface area contributed by atoms with Crippen molar-refractivity contribution in [2.75, 3.05) is 18.6 Å². The molecule has 0 saturated heterocycles. The monoisotopic (exact) mass is 473 g/mol. The van der Waals surface area contributed by atoms with Gasteiger partial charge in [0, 0.05) is 12.8 Å². The van der Waals surface area contributed by atoms with Gasteiger partial charge in [0.15, 0.2) is 6.79 Å². The highest BCUT2D eigenvalue weighted by molar-refractivity contribution is 9.10. The molecule has 0 unspecified atom stereocenters. The van der Waals surface area contributed by atoms with Crippen LogP contribution in [0.1, 0.15) is 11.1 Å². The highest BCUT2D eigenvalue weighted by atomic mass is 79.9. The molecule has 0 aromatic heterocycles. The molecule has 0 aliphatic heterocycles. The van der Waals surface area contributed by atoms with Crippen molar-refractivity contribution in [2.24, 2.45) is 0 Å². The highest BCUT2D eigenvalue weighted by Crippen LogP contribution is 2.27. The number of hydrogen-bond donors (Lipinski definition) is 1. The van der Waals surface area contributed by atoms with Gasteiger partial charge in [-0.25, -0.2) is 8.42 Å². The summed E-state index contributed by atoms with van der Waals surface area (Å²) in [6.45, 7) is 0.183. The number of anilines is 1. The van der Waals surface area contributed by atoms with Crippen LogP contribution in [0.4, 0.5) is 5.69 Å². The van der Waals surface area contributed by atoms with Crippen molar-refractivity contribution < 1.29 is 17.9 Å². The number of hydrogen-bond acceptors (Lipinski definition) is 4. The largest absolute Gasteiger partial charge is 0.466 e. The van der Waals surface area contributed by atoms with Crippen molar-refractivity contribution in [1.82, 2.24) is 0 Å². The molecule has 3 aromatic carbocycles. The fourth-order valence-corrected chi connectivity index (χ4v) is 4.10. The molecule has 0 saturated carbocycles. The molecular weight excluding hydrogens is 454 g/mol. The molecule has 0 aliphatic rings. The molecule has 150 valence electrons. The van der Waals surface area contributed by atoms with Gasteiger partial charge in [0.05, 0.1) is 9.37 Å². The van der Waals surface area contributed by atoms with E-state index in [0.717, 1.165) is 15.6 Å². The number of ether oxygens (including phenoxy) is 2. The number of rotatable bonds is 8. The second kappa shape index (κ2) is 9.73. The van der Waals surface area contributed by atoms with Crippen LogP contribution in [0, 0.1) is 0 Å². The van der Waals surface area contributed by atoms with Crippen LogP contribution in [0.2, 0.25) is 0 Å². The van der Waals surface area contributed by atoms with Crippen LogP contribution in [0.25, 0.3) is 12.2 Å². The Bertz CT molecular complexity index is 1080. The summed E-state index contributed by atoms with van der Waals surface area (Å²) in [6, 6.07) is 21.2. The van der Waals surface area contributed by atoms with E-state index in [9.17, 15) is 8.42 Å². The molecule has 0 aliphatic carbocycles. The minimum Gasteiger partial charge on any atom is -0.466 e. The first-order valence-electron chi connectivity index (χ1n) is 8.75. The number of nitrogens with one attached hydrogen (secondary N) is 1. The van der Waals surface area contributed by atoms with Crippen LogP contribution >= 0.6 is 15.9 Å². The lowest BCUT2D eigenvalue weighted by atomic mass is 10.1. The van der Waals surface area contributed by atoms with Crippen molar-refractivity contribution in [2.45, 2.75) is 4.90 Å². The Morgan fingerprint density at radius 2 is 1.59 bits per heavy atom. The minimum atomic E-state index is -3.62. The van der Waals surface area contributed by atoms with Crippen LogP contribution in [-0.4, -0.2) is 22.3 Å². The fraction of sp³-hybridized carbons (Fsp3) is 0.0909. The van der Waals surface area contributed by atoms with Gasteiger partial charge in [-0.1, -0.05) is 48.6 Å². The fourth-order valence-electron chi connectivity index (χ4n) is 2.53. The highest BCUT2D eigenvalue weighted by Gasteiger charge is 2.13. The average molecular weight is 474 g/mol. The lowest BCUT2D eigenvalue weighted by molar-refractivity contribution is 0.0506. The second-order valence-electron chi connectivity index (χ2n) is 6.11. The summed E-state index contributed by atoms with van der Waals surface area (Å²) in [4.78, 5) is 0.209. The summed E-state index contributed by atoms with van der Waals surface area (Å²) in [6.07, 6.45) is 3.86. The van der Waals surface area contributed by atoms with Crippen molar-refractivity contribution in [3.63, 3.8) is 0 Å². The zero-order valence-electron chi connectivity index (χ0n) is 15.7. The van der Waals surface area contributed by atoms with E-state index in [1.165, 1.54) is 0 Å². The molecule has 0 fully saturated rings. The van der Waals surface area contributed by atoms with E-state index in [1.807, 2.05) is 36.4 Å². The Balaban J connectivity index is 1.69. The second-order valence-corrected chi connectivity index (χ2v) is 8.65. The maximum absolute atomic E-state index is 12.5. The molecule has 3 rings (SSSR count). The summed E-state index contributed by atoms with van der Waals surface area (Å²) in [5, 5.41) is 0. The van der Waals surface area contributed by atoms with E-state index < -0.39 is 10.0 Å². The van der Waals surface area contributed by atoms with Crippen LogP contribution in [-0.2, 0) is 14.8 Å². The van der Waals surface area contributed by atoms with E-state index >= 15 is 0 Å². The van der Waals surface area contributed by atoms with Crippen LogP contribution < -0.4 is 9.46 Å². The summed E-state index contributed by atoms with van der Waals surface area (Å²) < 4.78 is 38.7. The molecule has 29 heavy (non-hydrogen) atoms. The van der Waals surface area contributed by atoms with Crippen molar-refractivity contribution in [3.05, 3.63) is 88.4 Å². The first-order chi connectivity index (χ1) is 14.0. The third kappa shape index (κ3) is 5.93. The number of sulfonamides is 1. The summed E-state index contributed by atoms with van der Waals surface area (Å²) >= 11 is 3.47. The number of para-hydroxylation sites is 1. The van der Waals surface area contributed by atoms with Gasteiger partial charge in [-0.05, 0) is 63.5 Å². The quantitative estimate of drug-likeness (QED) is 0.351. The summed E-state index contributed by atoms with van der Waals surface area (Å²) in [5.41, 5.74) is 2.39. The van der Waals surface area contributed by atoms with E-state index in [-0.39, 0.29) is 11.7 Å². The van der Waals surface area contributed by atoms with Crippen molar-refractivity contribution in [1.29, 1.82) is 0 Å². The average Bonchev–Trinajstić information content (AvgIpc) is 2.72. The summed E-state index contributed by atoms with van der Waals surface area (Å²) in [7, 11) is -2.05. The van der Waals surface area contributed by atoms with Gasteiger partial charge < -0.3 is 9.47 Å². The molecule has 3 aromatic rings. The summed E-state index contributed by atoms with van der Waals surface area (Å²) in [5.74, 6) is 0.699.